The van der Waals surface area contributed by atoms with Crippen molar-refractivity contribution in [2.75, 3.05) is 13.2 Å². The van der Waals surface area contributed by atoms with Gasteiger partial charge in [0.2, 0.25) is 5.90 Å². The molecule has 0 aromatic heterocycles. The molecule has 0 fully saturated rings. The number of amides is 1. The number of carbonyl (C=O) groups excluding carboxylic acids is 1. The van der Waals surface area contributed by atoms with E-state index in [4.69, 9.17) is 42.8 Å². The number of aliphatic hydroxyl groups excluding tert-OH is 1. The second kappa shape index (κ2) is 15.2. The molecular weight excluding hydrogens is 609 g/mol. The van der Waals surface area contributed by atoms with E-state index in [0.717, 1.165) is 16.7 Å². The summed E-state index contributed by atoms with van der Waals surface area (Å²) in [4.78, 5) is 19.3. The van der Waals surface area contributed by atoms with E-state index in [0.29, 0.717) is 52.4 Å². The largest absolute Gasteiger partial charge is 0.494 e. The van der Waals surface area contributed by atoms with Crippen molar-refractivity contribution in [3.63, 3.8) is 0 Å². The fourth-order valence-corrected chi connectivity index (χ4v) is 5.61. The second-order valence-electron chi connectivity index (χ2n) is 10.8. The van der Waals surface area contributed by atoms with E-state index in [9.17, 15) is 4.79 Å². The van der Waals surface area contributed by atoms with Gasteiger partial charge in [0, 0.05) is 47.2 Å². The van der Waals surface area contributed by atoms with Gasteiger partial charge in [-0.3, -0.25) is 10.2 Å². The lowest BCUT2D eigenvalue weighted by Crippen LogP contribution is -2.52. The molecule has 0 radical (unpaired) electrons. The van der Waals surface area contributed by atoms with Crippen LogP contribution in [0.2, 0.25) is 10.0 Å². The molecule has 1 heterocycles. The van der Waals surface area contributed by atoms with Crippen LogP contribution in [0.15, 0.2) is 108 Å². The highest BCUT2D eigenvalue weighted by Gasteiger charge is 2.53. The Morgan fingerprint density at radius 1 is 1.02 bits per heavy atom. The Bertz CT molecular complexity index is 1660. The Hall–Kier alpha value is -4.14. The Kier molecular flexibility index (Phi) is 10.9. The molecule has 0 saturated heterocycles. The van der Waals surface area contributed by atoms with E-state index >= 15 is 0 Å². The third kappa shape index (κ3) is 8.12. The van der Waals surface area contributed by atoms with Gasteiger partial charge in [-0.2, -0.15) is 0 Å². The van der Waals surface area contributed by atoms with Gasteiger partial charge in [-0.15, -0.1) is 0 Å². The summed E-state index contributed by atoms with van der Waals surface area (Å²) in [6, 6.07) is 30.3. The van der Waals surface area contributed by atoms with E-state index in [2.05, 4.69) is 16.9 Å². The number of aliphatic hydroxyl groups is 1. The van der Waals surface area contributed by atoms with Crippen LogP contribution in [-0.4, -0.2) is 35.7 Å². The number of halogens is 2. The standard InChI is InChI=1S/C36H35Cl2N3O4/c1-25-8-5-11-27(22-25)24-39-41-35(43)36(19-6-12-26-9-3-2-4-10-26)33(31-18-15-29(37)23-32(31)38)45-34(40-36)28-13-16-30(17-14-28)44-21-7-20-42/h2-6,8-18,22-23,33,39,42H,7,19-21,24H2,1H3,(H,41,43)/b12-6+/t33-,36-/m0/s1. The van der Waals surface area contributed by atoms with Gasteiger partial charge >= 0.3 is 0 Å². The number of hydrazine groups is 1. The summed E-state index contributed by atoms with van der Waals surface area (Å²) in [5.74, 6) is 0.580. The number of rotatable bonds is 13. The molecule has 2 atom stereocenters. The molecule has 9 heteroatoms. The maximum absolute atomic E-state index is 14.3. The van der Waals surface area contributed by atoms with Crippen LogP contribution in [-0.2, 0) is 16.1 Å². The van der Waals surface area contributed by atoms with Crippen LogP contribution in [0, 0.1) is 6.92 Å². The number of carbonyl (C=O) groups is 1. The van der Waals surface area contributed by atoms with E-state index in [1.54, 1.807) is 18.2 Å². The Morgan fingerprint density at radius 2 is 1.82 bits per heavy atom. The van der Waals surface area contributed by atoms with Gasteiger partial charge in [0.05, 0.1) is 6.61 Å². The fraction of sp³-hybridized carbons (Fsp3) is 0.222. The lowest BCUT2D eigenvalue weighted by Gasteiger charge is -2.30. The zero-order chi connectivity index (χ0) is 31.6. The topological polar surface area (TPSA) is 92.2 Å². The molecule has 0 aliphatic carbocycles. The molecule has 1 aliphatic rings. The van der Waals surface area contributed by atoms with Gasteiger partial charge in [-0.25, -0.2) is 10.4 Å². The van der Waals surface area contributed by atoms with Crippen molar-refractivity contribution in [3.8, 4) is 5.75 Å². The highest BCUT2D eigenvalue weighted by atomic mass is 35.5. The Balaban J connectivity index is 1.51. The van der Waals surface area contributed by atoms with Gasteiger partial charge in [-0.1, -0.05) is 102 Å². The van der Waals surface area contributed by atoms with Gasteiger partial charge < -0.3 is 14.6 Å². The molecule has 0 saturated carbocycles. The van der Waals surface area contributed by atoms with Crippen molar-refractivity contribution in [3.05, 3.63) is 141 Å². The minimum atomic E-state index is -1.42. The van der Waals surface area contributed by atoms with Gasteiger partial charge in [0.15, 0.2) is 11.6 Å². The predicted octanol–water partition coefficient (Wildman–Crippen LogP) is 7.24. The SMILES string of the molecule is Cc1cccc(CNNC(=O)[C@@]2(C/C=C/c3ccccc3)N=C(c3ccc(OCCCO)cc3)O[C@H]2c2ccc(Cl)cc2Cl)c1. The lowest BCUT2D eigenvalue weighted by molar-refractivity contribution is -0.129. The monoisotopic (exact) mass is 643 g/mol. The zero-order valence-electron chi connectivity index (χ0n) is 24.9. The first-order chi connectivity index (χ1) is 21.9. The lowest BCUT2D eigenvalue weighted by atomic mass is 9.84. The highest BCUT2D eigenvalue weighted by molar-refractivity contribution is 6.35. The number of ether oxygens (including phenoxy) is 2. The number of aryl methyl sites for hydroxylation is 1. The Labute approximate surface area is 273 Å². The number of hydrogen-bond acceptors (Lipinski definition) is 6. The minimum absolute atomic E-state index is 0.0556. The van der Waals surface area contributed by atoms with Crippen LogP contribution >= 0.6 is 23.2 Å². The molecule has 1 amide bonds. The van der Waals surface area contributed by atoms with Crippen LogP contribution in [0.4, 0.5) is 0 Å². The quantitative estimate of drug-likeness (QED) is 0.105. The normalized spacial score (nSPS) is 17.6. The van der Waals surface area contributed by atoms with Crippen LogP contribution in [0.25, 0.3) is 6.08 Å². The minimum Gasteiger partial charge on any atom is -0.494 e. The first-order valence-corrected chi connectivity index (χ1v) is 15.5. The van der Waals surface area contributed by atoms with Crippen LogP contribution < -0.4 is 15.6 Å². The van der Waals surface area contributed by atoms with E-state index in [-0.39, 0.29) is 18.9 Å². The van der Waals surface area contributed by atoms with E-state index in [1.165, 1.54) is 0 Å². The third-order valence-corrected chi connectivity index (χ3v) is 7.95. The van der Waals surface area contributed by atoms with Crippen molar-refractivity contribution in [2.45, 2.75) is 38.0 Å². The summed E-state index contributed by atoms with van der Waals surface area (Å²) in [5, 5.41) is 9.90. The summed E-state index contributed by atoms with van der Waals surface area (Å²) in [5.41, 5.74) is 8.98. The van der Waals surface area contributed by atoms with Crippen LogP contribution in [0.1, 0.15) is 46.8 Å². The smallest absolute Gasteiger partial charge is 0.266 e. The van der Waals surface area contributed by atoms with Gasteiger partial charge in [-0.05, 0) is 54.4 Å². The first kappa shape index (κ1) is 32.3. The van der Waals surface area contributed by atoms with Gasteiger partial charge in [0.1, 0.15) is 5.75 Å². The predicted molar refractivity (Wildman–Crippen MR) is 179 cm³/mol. The van der Waals surface area contributed by atoms with Crippen molar-refractivity contribution in [1.29, 1.82) is 0 Å². The zero-order valence-corrected chi connectivity index (χ0v) is 26.4. The van der Waals surface area contributed by atoms with Crippen molar-refractivity contribution < 1.29 is 19.4 Å². The van der Waals surface area contributed by atoms with Crippen molar-refractivity contribution in [1.82, 2.24) is 10.9 Å². The summed E-state index contributed by atoms with van der Waals surface area (Å²) in [7, 11) is 0. The molecular formula is C36H35Cl2N3O4. The fourth-order valence-electron chi connectivity index (χ4n) is 5.10. The molecule has 4 aromatic rings. The summed E-state index contributed by atoms with van der Waals surface area (Å²) in [6.07, 6.45) is 3.78. The molecule has 4 aromatic carbocycles. The average Bonchev–Trinajstić information content (AvgIpc) is 3.42. The molecule has 0 spiro atoms. The third-order valence-electron chi connectivity index (χ3n) is 7.39. The average molecular weight is 645 g/mol. The molecule has 1 aliphatic heterocycles. The number of aliphatic imine (C=N–C) groups is 1. The Morgan fingerprint density at radius 3 is 2.56 bits per heavy atom. The van der Waals surface area contributed by atoms with Gasteiger partial charge in [0.25, 0.3) is 5.91 Å². The number of hydrogen-bond donors (Lipinski definition) is 3. The second-order valence-corrected chi connectivity index (χ2v) is 11.6. The van der Waals surface area contributed by atoms with Crippen LogP contribution in [0.3, 0.4) is 0 Å². The summed E-state index contributed by atoms with van der Waals surface area (Å²) >= 11 is 13.0. The molecule has 0 bridgehead atoms. The molecule has 5 rings (SSSR count). The summed E-state index contributed by atoms with van der Waals surface area (Å²) < 4.78 is 12.2. The van der Waals surface area contributed by atoms with Crippen LogP contribution in [0.5, 0.6) is 5.75 Å². The maximum Gasteiger partial charge on any atom is 0.266 e. The molecule has 0 unspecified atom stereocenters. The number of benzene rings is 4. The highest BCUT2D eigenvalue weighted by Crippen LogP contribution is 2.45. The molecule has 232 valence electrons. The van der Waals surface area contributed by atoms with E-state index in [1.807, 2.05) is 91.9 Å². The van der Waals surface area contributed by atoms with Crippen molar-refractivity contribution in [2.24, 2.45) is 4.99 Å². The number of nitrogens with zero attached hydrogens (tertiary/aromatic N) is 1. The molecule has 3 N–H and O–H groups in total. The van der Waals surface area contributed by atoms with E-state index < -0.39 is 11.6 Å². The number of nitrogens with one attached hydrogen (secondary N) is 2. The van der Waals surface area contributed by atoms with Crippen molar-refractivity contribution >= 4 is 41.1 Å². The molecule has 7 nitrogen and oxygen atoms in total. The first-order valence-electron chi connectivity index (χ1n) is 14.7. The maximum atomic E-state index is 14.3. The molecule has 45 heavy (non-hydrogen) atoms. The summed E-state index contributed by atoms with van der Waals surface area (Å²) in [6.45, 7) is 2.90.